The highest BCUT2D eigenvalue weighted by Gasteiger charge is 2.16. The lowest BCUT2D eigenvalue weighted by Gasteiger charge is -2.20. The molecule has 0 aliphatic rings. The second-order valence-corrected chi connectivity index (χ2v) is 6.67. The molecule has 0 aliphatic carbocycles. The molecular weight excluding hydrogens is 316 g/mol. The molecule has 4 heteroatoms. The molecule has 0 aliphatic heterocycles. The summed E-state index contributed by atoms with van der Waals surface area (Å²) < 4.78 is 10.7. The lowest BCUT2D eigenvalue weighted by molar-refractivity contribution is -0.138. The van der Waals surface area contributed by atoms with Crippen molar-refractivity contribution >= 4 is 5.97 Å². The Morgan fingerprint density at radius 2 is 1.88 bits per heavy atom. The Morgan fingerprint density at radius 1 is 1.20 bits per heavy atom. The van der Waals surface area contributed by atoms with Crippen molar-refractivity contribution < 1.29 is 19.4 Å². The summed E-state index contributed by atoms with van der Waals surface area (Å²) in [5.41, 5.74) is 1.76. The minimum absolute atomic E-state index is 0.0750. The fourth-order valence-electron chi connectivity index (χ4n) is 2.59. The average molecular weight is 348 g/mol. The van der Waals surface area contributed by atoms with Crippen LogP contribution in [0.2, 0.25) is 0 Å². The Labute approximate surface area is 151 Å². The highest BCUT2D eigenvalue weighted by molar-refractivity contribution is 5.87. The van der Waals surface area contributed by atoms with Crippen molar-refractivity contribution in [1.82, 2.24) is 0 Å². The summed E-state index contributed by atoms with van der Waals surface area (Å²) in [6.45, 7) is 9.10. The van der Waals surface area contributed by atoms with Gasteiger partial charge in [0.2, 0.25) is 0 Å². The fraction of sp³-hybridized carbons (Fsp3) is 0.571. The third-order valence-corrected chi connectivity index (χ3v) is 4.20. The molecule has 1 N–H and O–H groups in total. The summed E-state index contributed by atoms with van der Waals surface area (Å²) in [5, 5.41) is 10.3. The third-order valence-electron chi connectivity index (χ3n) is 4.20. The van der Waals surface area contributed by atoms with E-state index in [4.69, 9.17) is 9.47 Å². The first-order valence-electron chi connectivity index (χ1n) is 9.09. The third kappa shape index (κ3) is 8.84. The van der Waals surface area contributed by atoms with E-state index in [0.29, 0.717) is 31.8 Å². The largest absolute Gasteiger partial charge is 0.463 e. The van der Waals surface area contributed by atoms with Gasteiger partial charge in [-0.15, -0.1) is 0 Å². The topological polar surface area (TPSA) is 55.8 Å². The highest BCUT2D eigenvalue weighted by Crippen LogP contribution is 2.17. The van der Waals surface area contributed by atoms with Crippen molar-refractivity contribution in [3.63, 3.8) is 0 Å². The smallest absolute Gasteiger partial charge is 0.333 e. The van der Waals surface area contributed by atoms with Crippen LogP contribution in [0, 0.1) is 11.8 Å². The minimum Gasteiger partial charge on any atom is -0.463 e. The summed E-state index contributed by atoms with van der Waals surface area (Å²) >= 11 is 0. The maximum atomic E-state index is 11.6. The molecule has 1 rings (SSSR count). The molecule has 0 fully saturated rings. The molecule has 0 bridgehead atoms. The van der Waals surface area contributed by atoms with E-state index in [1.54, 1.807) is 13.8 Å². The molecule has 0 radical (unpaired) electrons. The van der Waals surface area contributed by atoms with Gasteiger partial charge in [-0.2, -0.15) is 0 Å². The number of aliphatic hydroxyl groups excluding tert-OH is 1. The number of benzene rings is 1. The number of carbonyl (C=O) groups excluding carboxylic acids is 1. The van der Waals surface area contributed by atoms with Crippen LogP contribution in [-0.2, 0) is 20.9 Å². The number of hydrogen-bond acceptors (Lipinski definition) is 4. The van der Waals surface area contributed by atoms with E-state index in [1.807, 2.05) is 50.3 Å². The minimum atomic E-state index is -0.408. The number of rotatable bonds is 11. The number of esters is 1. The SMILES string of the molecule is CCOC(=O)/C(C)=C\C(C)CCC(O)[C@H](C)COCc1ccccc1. The zero-order valence-electron chi connectivity index (χ0n) is 15.9. The lowest BCUT2D eigenvalue weighted by Crippen LogP contribution is -2.23. The molecule has 0 amide bonds. The number of carbonyl (C=O) groups is 1. The summed E-state index contributed by atoms with van der Waals surface area (Å²) in [5.74, 6) is 0.0279. The molecule has 25 heavy (non-hydrogen) atoms. The van der Waals surface area contributed by atoms with E-state index in [-0.39, 0.29) is 17.8 Å². The van der Waals surface area contributed by atoms with Gasteiger partial charge in [0, 0.05) is 11.5 Å². The second-order valence-electron chi connectivity index (χ2n) is 6.67. The van der Waals surface area contributed by atoms with Gasteiger partial charge >= 0.3 is 5.97 Å². The van der Waals surface area contributed by atoms with Crippen LogP contribution < -0.4 is 0 Å². The van der Waals surface area contributed by atoms with E-state index in [0.717, 1.165) is 12.0 Å². The summed E-state index contributed by atoms with van der Waals surface area (Å²) in [4.78, 5) is 11.6. The van der Waals surface area contributed by atoms with E-state index in [1.165, 1.54) is 0 Å². The summed E-state index contributed by atoms with van der Waals surface area (Å²) in [6, 6.07) is 10.0. The molecule has 0 saturated carbocycles. The van der Waals surface area contributed by atoms with Gasteiger partial charge in [0.1, 0.15) is 0 Å². The standard InChI is InChI=1S/C21H32O4/c1-5-25-21(23)17(3)13-16(2)11-12-20(22)18(4)14-24-15-19-9-7-6-8-10-19/h6-10,13,16,18,20,22H,5,11-12,14-15H2,1-4H3/b17-13-/t16?,18-,20?/m1/s1. The van der Waals surface area contributed by atoms with Crippen molar-refractivity contribution in [3.05, 3.63) is 47.5 Å². The molecule has 3 atom stereocenters. The van der Waals surface area contributed by atoms with Gasteiger partial charge in [-0.25, -0.2) is 4.79 Å². The van der Waals surface area contributed by atoms with Crippen LogP contribution in [0.5, 0.6) is 0 Å². The Hall–Kier alpha value is -1.65. The molecule has 0 spiro atoms. The molecule has 1 aromatic carbocycles. The van der Waals surface area contributed by atoms with Crippen LogP contribution >= 0.6 is 0 Å². The van der Waals surface area contributed by atoms with E-state index >= 15 is 0 Å². The van der Waals surface area contributed by atoms with Crippen molar-refractivity contribution in [3.8, 4) is 0 Å². The maximum Gasteiger partial charge on any atom is 0.333 e. The summed E-state index contributed by atoms with van der Waals surface area (Å²) in [7, 11) is 0. The van der Waals surface area contributed by atoms with Crippen LogP contribution in [0.3, 0.4) is 0 Å². The van der Waals surface area contributed by atoms with Crippen LogP contribution in [0.1, 0.15) is 46.1 Å². The molecule has 0 saturated heterocycles. The van der Waals surface area contributed by atoms with Gasteiger partial charge in [0.15, 0.2) is 0 Å². The Morgan fingerprint density at radius 3 is 2.52 bits per heavy atom. The van der Waals surface area contributed by atoms with Crippen LogP contribution in [0.15, 0.2) is 42.0 Å². The van der Waals surface area contributed by atoms with Gasteiger partial charge < -0.3 is 14.6 Å². The molecular formula is C21H32O4. The van der Waals surface area contributed by atoms with E-state index < -0.39 is 6.10 Å². The quantitative estimate of drug-likeness (QED) is 0.483. The van der Waals surface area contributed by atoms with Gasteiger partial charge in [0.25, 0.3) is 0 Å². The second kappa shape index (κ2) is 11.8. The van der Waals surface area contributed by atoms with E-state index in [9.17, 15) is 9.90 Å². The molecule has 1 aromatic rings. The molecule has 2 unspecified atom stereocenters. The van der Waals surface area contributed by atoms with Gasteiger partial charge in [-0.3, -0.25) is 0 Å². The Kier molecular flexibility index (Phi) is 10.1. The molecule has 0 heterocycles. The number of allylic oxidation sites excluding steroid dienone is 1. The van der Waals surface area contributed by atoms with Crippen LogP contribution in [0.4, 0.5) is 0 Å². The zero-order valence-corrected chi connectivity index (χ0v) is 15.9. The van der Waals surface area contributed by atoms with Crippen molar-refractivity contribution in [2.45, 2.75) is 53.2 Å². The number of hydrogen-bond donors (Lipinski definition) is 1. The fourth-order valence-corrected chi connectivity index (χ4v) is 2.59. The van der Waals surface area contributed by atoms with Crippen molar-refractivity contribution in [2.24, 2.45) is 11.8 Å². The van der Waals surface area contributed by atoms with Crippen molar-refractivity contribution in [1.29, 1.82) is 0 Å². The number of aliphatic hydroxyl groups is 1. The normalized spacial score (nSPS) is 15.5. The first-order valence-corrected chi connectivity index (χ1v) is 9.09. The highest BCUT2D eigenvalue weighted by atomic mass is 16.5. The zero-order chi connectivity index (χ0) is 18.7. The average Bonchev–Trinajstić information content (AvgIpc) is 2.60. The number of ether oxygens (including phenoxy) is 2. The van der Waals surface area contributed by atoms with E-state index in [2.05, 4.69) is 0 Å². The Balaban J connectivity index is 2.28. The van der Waals surface area contributed by atoms with Gasteiger partial charge in [-0.05, 0) is 38.2 Å². The van der Waals surface area contributed by atoms with Crippen LogP contribution in [-0.4, -0.2) is 30.4 Å². The van der Waals surface area contributed by atoms with Gasteiger partial charge in [-0.1, -0.05) is 50.3 Å². The van der Waals surface area contributed by atoms with Crippen LogP contribution in [0.25, 0.3) is 0 Å². The molecule has 140 valence electrons. The summed E-state index contributed by atoms with van der Waals surface area (Å²) in [6.07, 6.45) is 3.01. The lowest BCUT2D eigenvalue weighted by atomic mass is 9.95. The first kappa shape index (κ1) is 21.4. The monoisotopic (exact) mass is 348 g/mol. The molecule has 4 nitrogen and oxygen atoms in total. The van der Waals surface area contributed by atoms with Crippen molar-refractivity contribution in [2.75, 3.05) is 13.2 Å². The maximum absolute atomic E-state index is 11.6. The predicted octanol–water partition coefficient (Wildman–Crippen LogP) is 4.13. The predicted molar refractivity (Wildman–Crippen MR) is 100 cm³/mol. The Bertz CT molecular complexity index is 524. The van der Waals surface area contributed by atoms with Gasteiger partial charge in [0.05, 0.1) is 25.9 Å². The molecule has 0 aromatic heterocycles. The first-order chi connectivity index (χ1) is 11.9.